The second kappa shape index (κ2) is 7.17. The standard InChI is InChI=1S/C13H22N4OS2/c1-9(5-8-19-2)15-12(18)10-11(14)16-13(20-10)17-6-3-4-7-17/h9H,3-8,14H2,1-2H3,(H,15,18). The monoisotopic (exact) mass is 314 g/mol. The van der Waals surface area contributed by atoms with Crippen molar-refractivity contribution in [1.82, 2.24) is 10.3 Å². The molecule has 20 heavy (non-hydrogen) atoms. The quantitative estimate of drug-likeness (QED) is 0.842. The van der Waals surface area contributed by atoms with Gasteiger partial charge in [0.05, 0.1) is 0 Å². The molecular weight excluding hydrogens is 292 g/mol. The van der Waals surface area contributed by atoms with Crippen molar-refractivity contribution in [2.75, 3.05) is 35.7 Å². The first-order valence-electron chi connectivity index (χ1n) is 6.93. The van der Waals surface area contributed by atoms with Crippen LogP contribution in [-0.2, 0) is 0 Å². The minimum atomic E-state index is -0.0981. The van der Waals surface area contributed by atoms with Crippen molar-refractivity contribution in [2.24, 2.45) is 0 Å². The Balaban J connectivity index is 1.98. The molecule has 3 N–H and O–H groups in total. The van der Waals surface area contributed by atoms with Crippen molar-refractivity contribution in [3.8, 4) is 0 Å². The number of hydrogen-bond acceptors (Lipinski definition) is 6. The van der Waals surface area contributed by atoms with Gasteiger partial charge in [0, 0.05) is 19.1 Å². The molecule has 7 heteroatoms. The number of aromatic nitrogens is 1. The predicted molar refractivity (Wildman–Crippen MR) is 87.9 cm³/mol. The fourth-order valence-electron chi connectivity index (χ4n) is 2.18. The summed E-state index contributed by atoms with van der Waals surface area (Å²) in [5.41, 5.74) is 5.89. The first-order chi connectivity index (χ1) is 9.61. The maximum absolute atomic E-state index is 12.2. The molecule has 2 heterocycles. The van der Waals surface area contributed by atoms with Crippen LogP contribution in [0.25, 0.3) is 0 Å². The molecule has 5 nitrogen and oxygen atoms in total. The van der Waals surface area contributed by atoms with E-state index in [0.29, 0.717) is 10.7 Å². The molecule has 1 aliphatic rings. The number of amides is 1. The summed E-state index contributed by atoms with van der Waals surface area (Å²) in [7, 11) is 0. The molecule has 1 atom stereocenters. The van der Waals surface area contributed by atoms with Crippen LogP contribution in [0.3, 0.4) is 0 Å². The Labute approximate surface area is 128 Å². The molecule has 0 radical (unpaired) electrons. The Morgan fingerprint density at radius 1 is 1.55 bits per heavy atom. The summed E-state index contributed by atoms with van der Waals surface area (Å²) in [6.07, 6.45) is 5.40. The topological polar surface area (TPSA) is 71.2 Å². The molecule has 112 valence electrons. The predicted octanol–water partition coefficient (Wildman–Crippen LogP) is 2.20. The molecule has 1 aromatic rings. The van der Waals surface area contributed by atoms with Crippen LogP contribution >= 0.6 is 23.1 Å². The number of thiazole rings is 1. The number of hydrogen-bond donors (Lipinski definition) is 2. The lowest BCUT2D eigenvalue weighted by atomic mass is 10.2. The van der Waals surface area contributed by atoms with Gasteiger partial charge in [-0.2, -0.15) is 11.8 Å². The highest BCUT2D eigenvalue weighted by molar-refractivity contribution is 7.98. The van der Waals surface area contributed by atoms with Crippen LogP contribution in [0.5, 0.6) is 0 Å². The highest BCUT2D eigenvalue weighted by Crippen LogP contribution is 2.30. The van der Waals surface area contributed by atoms with Gasteiger partial charge in [0.2, 0.25) is 0 Å². The summed E-state index contributed by atoms with van der Waals surface area (Å²) in [6, 6.07) is 0.159. The van der Waals surface area contributed by atoms with Crippen molar-refractivity contribution in [1.29, 1.82) is 0 Å². The number of nitrogens with zero attached hydrogens (tertiary/aromatic N) is 2. The largest absolute Gasteiger partial charge is 0.382 e. The second-order valence-electron chi connectivity index (χ2n) is 5.06. The van der Waals surface area contributed by atoms with E-state index in [1.165, 1.54) is 24.2 Å². The summed E-state index contributed by atoms with van der Waals surface area (Å²) >= 11 is 3.19. The van der Waals surface area contributed by atoms with Gasteiger partial charge in [-0.15, -0.1) is 0 Å². The number of carbonyl (C=O) groups is 1. The maximum Gasteiger partial charge on any atom is 0.265 e. The van der Waals surface area contributed by atoms with Crippen molar-refractivity contribution >= 4 is 40.0 Å². The van der Waals surface area contributed by atoms with Gasteiger partial charge in [-0.3, -0.25) is 4.79 Å². The van der Waals surface area contributed by atoms with E-state index in [0.717, 1.165) is 30.4 Å². The Bertz CT molecular complexity index is 457. The number of thioether (sulfide) groups is 1. The van der Waals surface area contributed by atoms with Gasteiger partial charge >= 0.3 is 0 Å². The molecule has 0 aliphatic carbocycles. The van der Waals surface area contributed by atoms with Gasteiger partial charge in [0.15, 0.2) is 5.13 Å². The molecule has 0 saturated carbocycles. The lowest BCUT2D eigenvalue weighted by molar-refractivity contribution is 0.0944. The Morgan fingerprint density at radius 2 is 2.25 bits per heavy atom. The van der Waals surface area contributed by atoms with Gasteiger partial charge in [-0.05, 0) is 38.2 Å². The number of nitrogens with one attached hydrogen (secondary N) is 1. The van der Waals surface area contributed by atoms with E-state index in [1.807, 2.05) is 6.92 Å². The van der Waals surface area contributed by atoms with Crippen molar-refractivity contribution in [2.45, 2.75) is 32.2 Å². The smallest absolute Gasteiger partial charge is 0.265 e. The van der Waals surface area contributed by atoms with Crippen LogP contribution in [0, 0.1) is 0 Å². The van der Waals surface area contributed by atoms with Crippen molar-refractivity contribution < 1.29 is 4.79 Å². The zero-order valence-electron chi connectivity index (χ0n) is 12.0. The van der Waals surface area contributed by atoms with E-state index >= 15 is 0 Å². The number of nitrogen functional groups attached to an aromatic ring is 1. The summed E-state index contributed by atoms with van der Waals surface area (Å²) in [5.74, 6) is 1.30. The summed E-state index contributed by atoms with van der Waals surface area (Å²) in [5, 5.41) is 3.87. The molecule has 1 unspecified atom stereocenters. The highest BCUT2D eigenvalue weighted by Gasteiger charge is 2.22. The maximum atomic E-state index is 12.2. The third-order valence-electron chi connectivity index (χ3n) is 3.36. The Morgan fingerprint density at radius 3 is 2.90 bits per heavy atom. The lowest BCUT2D eigenvalue weighted by Gasteiger charge is -2.13. The molecular formula is C13H22N4OS2. The zero-order chi connectivity index (χ0) is 14.5. The van der Waals surface area contributed by atoms with Crippen LogP contribution in [0.1, 0.15) is 35.9 Å². The van der Waals surface area contributed by atoms with Gasteiger partial charge in [-0.1, -0.05) is 11.3 Å². The van der Waals surface area contributed by atoms with Crippen molar-refractivity contribution in [3.05, 3.63) is 4.88 Å². The molecule has 1 aromatic heterocycles. The van der Waals surface area contributed by atoms with E-state index in [-0.39, 0.29) is 11.9 Å². The molecule has 2 rings (SSSR count). The zero-order valence-corrected chi connectivity index (χ0v) is 13.6. The van der Waals surface area contributed by atoms with Gasteiger partial charge in [-0.25, -0.2) is 4.98 Å². The third kappa shape index (κ3) is 3.79. The first-order valence-corrected chi connectivity index (χ1v) is 9.14. The normalized spacial score (nSPS) is 16.4. The fourth-order valence-corrected chi connectivity index (χ4v) is 3.71. The average molecular weight is 314 g/mol. The van der Waals surface area contributed by atoms with Crippen molar-refractivity contribution in [3.63, 3.8) is 0 Å². The molecule has 0 bridgehead atoms. The van der Waals surface area contributed by atoms with Gasteiger partial charge in [0.1, 0.15) is 10.7 Å². The van der Waals surface area contributed by atoms with E-state index in [9.17, 15) is 4.79 Å². The molecule has 0 spiro atoms. The fraction of sp³-hybridized carbons (Fsp3) is 0.692. The molecule has 1 aliphatic heterocycles. The molecule has 1 amide bonds. The molecule has 0 aromatic carbocycles. The highest BCUT2D eigenvalue weighted by atomic mass is 32.2. The van der Waals surface area contributed by atoms with Crippen LogP contribution in [-0.4, -0.2) is 42.0 Å². The van der Waals surface area contributed by atoms with E-state index in [1.54, 1.807) is 11.8 Å². The second-order valence-corrected chi connectivity index (χ2v) is 7.02. The lowest BCUT2D eigenvalue weighted by Crippen LogP contribution is -2.32. The third-order valence-corrected chi connectivity index (χ3v) is 5.13. The SMILES string of the molecule is CSCCC(C)NC(=O)c1sc(N2CCCC2)nc1N. The van der Waals surface area contributed by atoms with Crippen LogP contribution in [0.15, 0.2) is 0 Å². The molecule has 1 fully saturated rings. The van der Waals surface area contributed by atoms with Crippen LogP contribution < -0.4 is 16.0 Å². The molecule has 1 saturated heterocycles. The minimum absolute atomic E-state index is 0.0981. The Hall–Kier alpha value is -0.950. The number of carbonyl (C=O) groups excluding carboxylic acids is 1. The number of anilines is 2. The summed E-state index contributed by atoms with van der Waals surface area (Å²) < 4.78 is 0. The number of nitrogens with two attached hydrogens (primary N) is 1. The minimum Gasteiger partial charge on any atom is -0.382 e. The van der Waals surface area contributed by atoms with E-state index in [2.05, 4.69) is 21.5 Å². The Kier molecular flexibility index (Phi) is 5.54. The first kappa shape index (κ1) is 15.4. The summed E-state index contributed by atoms with van der Waals surface area (Å²) in [6.45, 7) is 4.04. The average Bonchev–Trinajstić information content (AvgIpc) is 3.04. The van der Waals surface area contributed by atoms with Crippen LogP contribution in [0.4, 0.5) is 10.9 Å². The van der Waals surface area contributed by atoms with Crippen LogP contribution in [0.2, 0.25) is 0 Å². The number of rotatable bonds is 6. The van der Waals surface area contributed by atoms with E-state index < -0.39 is 0 Å². The van der Waals surface area contributed by atoms with E-state index in [4.69, 9.17) is 5.73 Å². The van der Waals surface area contributed by atoms with Gasteiger partial charge in [0.25, 0.3) is 5.91 Å². The van der Waals surface area contributed by atoms with Gasteiger partial charge < -0.3 is 16.0 Å². The summed E-state index contributed by atoms with van der Waals surface area (Å²) in [4.78, 5) is 19.3.